The number of benzene rings is 1. The molecule has 0 fully saturated rings. The summed E-state index contributed by atoms with van der Waals surface area (Å²) in [6.07, 6.45) is -0.0181. The number of nitro groups is 1. The van der Waals surface area contributed by atoms with Crippen molar-refractivity contribution < 1.29 is 14.8 Å². The molecular weight excluding hydrogens is 242 g/mol. The van der Waals surface area contributed by atoms with Crippen LogP contribution in [-0.4, -0.2) is 21.2 Å². The van der Waals surface area contributed by atoms with Gasteiger partial charge in [-0.25, -0.2) is 0 Å². The Balaban J connectivity index is 2.92. The van der Waals surface area contributed by atoms with Crippen LogP contribution in [0.25, 0.3) is 0 Å². The zero-order valence-electron chi connectivity index (χ0n) is 9.54. The molecule has 1 N–H and O–H groups in total. The molecule has 0 radical (unpaired) electrons. The smallest absolute Gasteiger partial charge is 0.304 e. The number of nitrogens with zero attached hydrogens (tertiary/aromatic N) is 1. The number of carboxylic acid groups (broad SMARTS) is 1. The molecule has 0 spiro atoms. The predicted octanol–water partition coefficient (Wildman–Crippen LogP) is 2.86. The second-order valence-electron chi connectivity index (χ2n) is 3.75. The molecule has 17 heavy (non-hydrogen) atoms. The molecular formula is C11H13NO4S. The van der Waals surface area contributed by atoms with Crippen LogP contribution in [0, 0.1) is 17.0 Å². The van der Waals surface area contributed by atoms with Crippen LogP contribution in [0.2, 0.25) is 0 Å². The fourth-order valence-electron chi connectivity index (χ4n) is 1.37. The highest BCUT2D eigenvalue weighted by molar-refractivity contribution is 8.00. The third-order valence-corrected chi connectivity index (χ3v) is 3.25. The minimum atomic E-state index is -0.902. The summed E-state index contributed by atoms with van der Waals surface area (Å²) in [5, 5.41) is 19.3. The van der Waals surface area contributed by atoms with E-state index in [0.717, 1.165) is 5.56 Å². The molecule has 0 aliphatic carbocycles. The van der Waals surface area contributed by atoms with Gasteiger partial charge in [0.1, 0.15) is 0 Å². The van der Waals surface area contributed by atoms with E-state index in [9.17, 15) is 14.9 Å². The summed E-state index contributed by atoms with van der Waals surface area (Å²) >= 11 is 1.22. The molecule has 6 heteroatoms. The fourth-order valence-corrected chi connectivity index (χ4v) is 2.55. The molecule has 0 aliphatic rings. The molecule has 1 aromatic carbocycles. The van der Waals surface area contributed by atoms with Crippen molar-refractivity contribution >= 4 is 23.4 Å². The van der Waals surface area contributed by atoms with Gasteiger partial charge in [-0.15, -0.1) is 11.8 Å². The first-order valence-corrected chi connectivity index (χ1v) is 5.91. The molecule has 1 atom stereocenters. The maximum Gasteiger partial charge on any atom is 0.304 e. The standard InChI is InChI=1S/C11H13NO4S/c1-7-3-4-9(12(15)16)10(5-7)17-8(2)6-11(13)14/h3-5,8H,6H2,1-2H3,(H,13,14). The molecule has 0 amide bonds. The van der Waals surface area contributed by atoms with Crippen LogP contribution in [0.5, 0.6) is 0 Å². The van der Waals surface area contributed by atoms with Crippen LogP contribution in [-0.2, 0) is 4.79 Å². The van der Waals surface area contributed by atoms with Crippen LogP contribution < -0.4 is 0 Å². The van der Waals surface area contributed by atoms with Crippen molar-refractivity contribution in [3.05, 3.63) is 33.9 Å². The average Bonchev–Trinajstić information content (AvgIpc) is 2.15. The molecule has 1 unspecified atom stereocenters. The lowest BCUT2D eigenvalue weighted by Crippen LogP contribution is -2.06. The zero-order valence-corrected chi connectivity index (χ0v) is 10.4. The highest BCUT2D eigenvalue weighted by atomic mass is 32.2. The number of hydrogen-bond donors (Lipinski definition) is 1. The van der Waals surface area contributed by atoms with Gasteiger partial charge in [-0.05, 0) is 18.6 Å². The van der Waals surface area contributed by atoms with Crippen molar-refractivity contribution in [2.24, 2.45) is 0 Å². The number of thioether (sulfide) groups is 1. The summed E-state index contributed by atoms with van der Waals surface area (Å²) < 4.78 is 0. The number of carboxylic acids is 1. The van der Waals surface area contributed by atoms with Gasteiger partial charge in [0.2, 0.25) is 0 Å². The monoisotopic (exact) mass is 255 g/mol. The summed E-state index contributed by atoms with van der Waals surface area (Å²) in [6.45, 7) is 3.58. The molecule has 0 heterocycles. The van der Waals surface area contributed by atoms with Gasteiger partial charge in [-0.1, -0.05) is 13.0 Å². The van der Waals surface area contributed by atoms with Crippen LogP contribution in [0.3, 0.4) is 0 Å². The molecule has 1 aromatic rings. The van der Waals surface area contributed by atoms with Crippen molar-refractivity contribution in [2.75, 3.05) is 0 Å². The highest BCUT2D eigenvalue weighted by Crippen LogP contribution is 2.33. The van der Waals surface area contributed by atoms with Gasteiger partial charge in [-0.2, -0.15) is 0 Å². The Bertz CT molecular complexity index is 447. The van der Waals surface area contributed by atoms with Crippen molar-refractivity contribution in [1.82, 2.24) is 0 Å². The van der Waals surface area contributed by atoms with Gasteiger partial charge in [0.05, 0.1) is 16.2 Å². The molecule has 0 bridgehead atoms. The van der Waals surface area contributed by atoms with Crippen molar-refractivity contribution in [3.63, 3.8) is 0 Å². The Morgan fingerprint density at radius 1 is 1.59 bits per heavy atom. The normalized spacial score (nSPS) is 12.1. The minimum Gasteiger partial charge on any atom is -0.481 e. The number of aryl methyl sites for hydroxylation is 1. The Labute approximate surface area is 103 Å². The SMILES string of the molecule is Cc1ccc([N+](=O)[O-])c(SC(C)CC(=O)O)c1. The second kappa shape index (κ2) is 5.67. The summed E-state index contributed by atoms with van der Waals surface area (Å²) in [5.74, 6) is -0.902. The Morgan fingerprint density at radius 2 is 2.24 bits per heavy atom. The van der Waals surface area contributed by atoms with Gasteiger partial charge < -0.3 is 5.11 Å². The van der Waals surface area contributed by atoms with E-state index < -0.39 is 10.9 Å². The predicted molar refractivity (Wildman–Crippen MR) is 65.4 cm³/mol. The largest absolute Gasteiger partial charge is 0.481 e. The Hall–Kier alpha value is -1.56. The first-order valence-electron chi connectivity index (χ1n) is 5.03. The highest BCUT2D eigenvalue weighted by Gasteiger charge is 2.18. The lowest BCUT2D eigenvalue weighted by Gasteiger charge is -2.09. The quantitative estimate of drug-likeness (QED) is 0.497. The molecule has 92 valence electrons. The van der Waals surface area contributed by atoms with Crippen LogP contribution in [0.4, 0.5) is 5.69 Å². The molecule has 0 saturated carbocycles. The number of hydrogen-bond acceptors (Lipinski definition) is 4. The van der Waals surface area contributed by atoms with Crippen LogP contribution >= 0.6 is 11.8 Å². The lowest BCUT2D eigenvalue weighted by atomic mass is 10.2. The van der Waals surface area contributed by atoms with E-state index in [2.05, 4.69) is 0 Å². The van der Waals surface area contributed by atoms with E-state index in [1.807, 2.05) is 6.92 Å². The third-order valence-electron chi connectivity index (χ3n) is 2.10. The van der Waals surface area contributed by atoms with Gasteiger partial charge in [0, 0.05) is 11.3 Å². The Morgan fingerprint density at radius 3 is 2.76 bits per heavy atom. The van der Waals surface area contributed by atoms with E-state index >= 15 is 0 Å². The number of nitro benzene ring substituents is 1. The number of aliphatic carboxylic acids is 1. The molecule has 0 aromatic heterocycles. The topological polar surface area (TPSA) is 80.4 Å². The summed E-state index contributed by atoms with van der Waals surface area (Å²) in [4.78, 5) is 21.4. The van der Waals surface area contributed by atoms with Gasteiger partial charge in [-0.3, -0.25) is 14.9 Å². The van der Waals surface area contributed by atoms with Crippen molar-refractivity contribution in [2.45, 2.75) is 30.4 Å². The van der Waals surface area contributed by atoms with Crippen molar-refractivity contribution in [1.29, 1.82) is 0 Å². The van der Waals surface area contributed by atoms with E-state index in [1.165, 1.54) is 17.8 Å². The Kier molecular flexibility index (Phi) is 4.51. The van der Waals surface area contributed by atoms with E-state index in [1.54, 1.807) is 19.1 Å². The van der Waals surface area contributed by atoms with Gasteiger partial charge >= 0.3 is 5.97 Å². The summed E-state index contributed by atoms with van der Waals surface area (Å²) in [5.41, 5.74) is 0.943. The van der Waals surface area contributed by atoms with E-state index in [-0.39, 0.29) is 17.4 Å². The van der Waals surface area contributed by atoms with Crippen molar-refractivity contribution in [3.8, 4) is 0 Å². The van der Waals surface area contributed by atoms with E-state index in [0.29, 0.717) is 4.90 Å². The maximum absolute atomic E-state index is 10.8. The first kappa shape index (κ1) is 13.5. The summed E-state index contributed by atoms with van der Waals surface area (Å²) in [7, 11) is 0. The van der Waals surface area contributed by atoms with Gasteiger partial charge in [0.25, 0.3) is 5.69 Å². The van der Waals surface area contributed by atoms with Crippen LogP contribution in [0.1, 0.15) is 18.9 Å². The maximum atomic E-state index is 10.8. The number of rotatable bonds is 5. The average molecular weight is 255 g/mol. The molecule has 1 rings (SSSR count). The molecule has 0 aliphatic heterocycles. The zero-order chi connectivity index (χ0) is 13.0. The first-order chi connectivity index (χ1) is 7.90. The summed E-state index contributed by atoms with van der Waals surface area (Å²) in [6, 6.07) is 4.83. The number of carbonyl (C=O) groups is 1. The fraction of sp³-hybridized carbons (Fsp3) is 0.364. The van der Waals surface area contributed by atoms with Crippen LogP contribution in [0.15, 0.2) is 23.1 Å². The van der Waals surface area contributed by atoms with E-state index in [4.69, 9.17) is 5.11 Å². The van der Waals surface area contributed by atoms with Gasteiger partial charge in [0.15, 0.2) is 0 Å². The molecule has 0 saturated heterocycles. The third kappa shape index (κ3) is 4.07. The minimum absolute atomic E-state index is 0.0181. The second-order valence-corrected chi connectivity index (χ2v) is 5.23. The lowest BCUT2D eigenvalue weighted by molar-refractivity contribution is -0.387. The molecule has 5 nitrogen and oxygen atoms in total.